The van der Waals surface area contributed by atoms with Crippen molar-refractivity contribution in [3.63, 3.8) is 0 Å². The van der Waals surface area contributed by atoms with Gasteiger partial charge in [0.1, 0.15) is 11.2 Å². The van der Waals surface area contributed by atoms with Gasteiger partial charge < -0.3 is 26.0 Å². The molecule has 0 spiro atoms. The van der Waals surface area contributed by atoms with E-state index in [9.17, 15) is 9.59 Å². The number of pyridine rings is 1. The normalized spacial score (nSPS) is 19.1. The molecule has 4 N–H and O–H groups in total. The number of amides is 2. The summed E-state index contributed by atoms with van der Waals surface area (Å²) in [5.74, 6) is -1.24. The topological polar surface area (TPSA) is 131 Å². The number of aromatic nitrogens is 3. The number of ether oxygens (including phenoxy) is 1. The van der Waals surface area contributed by atoms with Crippen LogP contribution >= 0.6 is 0 Å². The molecule has 2 aromatic carbocycles. The minimum absolute atomic E-state index is 0.172. The zero-order chi connectivity index (χ0) is 36.4. The molecule has 0 radical (unpaired) electrons. The molecule has 0 unspecified atom stereocenters. The summed E-state index contributed by atoms with van der Waals surface area (Å²) in [4.78, 5) is 36.4. The Balaban J connectivity index is 1.24. The van der Waals surface area contributed by atoms with Crippen LogP contribution in [0.5, 0.6) is 0 Å². The van der Waals surface area contributed by atoms with Crippen molar-refractivity contribution in [2.75, 3.05) is 38.2 Å². The second-order valence-corrected chi connectivity index (χ2v) is 14.7. The average Bonchev–Trinajstić information content (AvgIpc) is 3.87. The Morgan fingerprint density at radius 3 is 2.63 bits per heavy atom. The Hall–Kier alpha value is -4.39. The van der Waals surface area contributed by atoms with Crippen LogP contribution in [0.2, 0.25) is 0 Å². The van der Waals surface area contributed by atoms with Crippen LogP contribution in [-0.2, 0) is 46.9 Å². The van der Waals surface area contributed by atoms with Gasteiger partial charge in [-0.1, -0.05) is 31.2 Å². The lowest BCUT2D eigenvalue weighted by Crippen LogP contribution is -2.48. The third-order valence-corrected chi connectivity index (χ3v) is 10.9. The summed E-state index contributed by atoms with van der Waals surface area (Å²) in [5.41, 5.74) is 11.2. The zero-order valence-electron chi connectivity index (χ0n) is 30.6. The lowest BCUT2D eigenvalue weighted by Gasteiger charge is -2.31. The molecule has 4 aromatic rings. The summed E-state index contributed by atoms with van der Waals surface area (Å²) in [7, 11) is 0. The fraction of sp³-hybridized carbons (Fsp3) is 0.500. The highest BCUT2D eigenvalue weighted by Crippen LogP contribution is 2.48. The third-order valence-electron chi connectivity index (χ3n) is 10.9. The number of anilines is 1. The molecule has 12 heteroatoms. The van der Waals surface area contributed by atoms with Gasteiger partial charge in [-0.25, -0.2) is 14.1 Å². The lowest BCUT2D eigenvalue weighted by molar-refractivity contribution is -0.144. The van der Waals surface area contributed by atoms with Crippen molar-refractivity contribution in [2.24, 2.45) is 11.1 Å². The number of rotatable bonds is 13. The summed E-state index contributed by atoms with van der Waals surface area (Å²) in [5, 5.41) is 12.8. The van der Waals surface area contributed by atoms with E-state index in [4.69, 9.17) is 15.5 Å². The van der Waals surface area contributed by atoms with Crippen LogP contribution in [0, 0.1) is 11.2 Å². The van der Waals surface area contributed by atoms with Crippen LogP contribution in [0.4, 0.5) is 10.1 Å². The molecule has 276 valence electrons. The van der Waals surface area contributed by atoms with Gasteiger partial charge in [-0.15, -0.1) is 0 Å². The van der Waals surface area contributed by atoms with Crippen molar-refractivity contribution in [1.82, 2.24) is 29.9 Å². The van der Waals surface area contributed by atoms with Crippen molar-refractivity contribution in [2.45, 2.75) is 91.1 Å². The number of fused-ring (bicyclic) bond motifs is 1. The molecule has 2 amide bonds. The summed E-state index contributed by atoms with van der Waals surface area (Å²) >= 11 is 0. The van der Waals surface area contributed by atoms with Gasteiger partial charge in [-0.05, 0) is 80.8 Å². The summed E-state index contributed by atoms with van der Waals surface area (Å²) in [6.45, 7) is 12.3. The van der Waals surface area contributed by atoms with Gasteiger partial charge in [0.2, 0.25) is 11.8 Å². The van der Waals surface area contributed by atoms with Crippen molar-refractivity contribution < 1.29 is 18.7 Å². The minimum Gasteiger partial charge on any atom is -0.381 e. The molecule has 2 aromatic heterocycles. The Labute approximate surface area is 305 Å². The number of nitrogens with zero attached hydrogens (tertiary/aromatic N) is 5. The molecule has 1 atom stereocenters. The van der Waals surface area contributed by atoms with E-state index in [0.29, 0.717) is 50.6 Å². The summed E-state index contributed by atoms with van der Waals surface area (Å²) in [6, 6.07) is 13.7. The molecule has 3 aliphatic rings. The Morgan fingerprint density at radius 1 is 1.12 bits per heavy atom. The number of nitrogens with two attached hydrogens (primary N) is 1. The molecule has 52 heavy (non-hydrogen) atoms. The number of hydrogen-bond donors (Lipinski definition) is 3. The van der Waals surface area contributed by atoms with Crippen LogP contribution < -0.4 is 16.4 Å². The molecule has 1 aliphatic carbocycles. The van der Waals surface area contributed by atoms with Gasteiger partial charge in [-0.3, -0.25) is 14.5 Å². The van der Waals surface area contributed by atoms with Crippen molar-refractivity contribution in [3.05, 3.63) is 76.9 Å². The van der Waals surface area contributed by atoms with Gasteiger partial charge in [0, 0.05) is 87.9 Å². The van der Waals surface area contributed by atoms with E-state index in [1.165, 1.54) is 6.07 Å². The van der Waals surface area contributed by atoms with Gasteiger partial charge >= 0.3 is 0 Å². The molecule has 2 saturated heterocycles. The summed E-state index contributed by atoms with van der Waals surface area (Å²) in [6.07, 6.45) is 5.02. The molecule has 11 nitrogen and oxygen atoms in total. The number of primary amides is 1. The maximum absolute atomic E-state index is 15.6. The SMILES string of the molecule is CCc1nc2c(cnn2CC)c(NC2CCOCC2)c1CN(Cc1ccc(F)c(-c2cccc(CN3CCN[C@@H](C)C3)c2)c1)C(=O)C1(C(N)=O)CC1. The van der Waals surface area contributed by atoms with Gasteiger partial charge in [0.05, 0.1) is 17.3 Å². The molecule has 4 heterocycles. The summed E-state index contributed by atoms with van der Waals surface area (Å²) < 4.78 is 23.1. The smallest absolute Gasteiger partial charge is 0.238 e. The van der Waals surface area contributed by atoms with E-state index in [1.54, 1.807) is 11.0 Å². The molecule has 7 rings (SSSR count). The van der Waals surface area contributed by atoms with Gasteiger partial charge in [-0.2, -0.15) is 5.10 Å². The number of piperazine rings is 1. The van der Waals surface area contributed by atoms with Gasteiger partial charge in [0.25, 0.3) is 0 Å². The first-order chi connectivity index (χ1) is 25.2. The second-order valence-electron chi connectivity index (χ2n) is 14.7. The van der Waals surface area contributed by atoms with Crippen molar-refractivity contribution >= 4 is 28.5 Å². The number of carbonyl (C=O) groups excluding carboxylic acids is 2. The first kappa shape index (κ1) is 36.0. The van der Waals surface area contributed by atoms with E-state index in [2.05, 4.69) is 46.6 Å². The quantitative estimate of drug-likeness (QED) is 0.166. The number of nitrogens with one attached hydrogen (secondary N) is 2. The first-order valence-corrected chi connectivity index (χ1v) is 18.8. The number of halogens is 1. The van der Waals surface area contributed by atoms with Crippen LogP contribution in [0.25, 0.3) is 22.2 Å². The minimum atomic E-state index is -1.23. The van der Waals surface area contributed by atoms with Crippen molar-refractivity contribution in [1.29, 1.82) is 0 Å². The highest BCUT2D eigenvalue weighted by atomic mass is 19.1. The molecule has 0 bridgehead atoms. The Bertz CT molecular complexity index is 1940. The number of benzene rings is 2. The monoisotopic (exact) mass is 710 g/mol. The molecular formula is C40H51FN8O3. The fourth-order valence-electron chi connectivity index (χ4n) is 7.83. The largest absolute Gasteiger partial charge is 0.381 e. The van der Waals surface area contributed by atoms with E-state index in [0.717, 1.165) is 83.7 Å². The average molecular weight is 711 g/mol. The zero-order valence-corrected chi connectivity index (χ0v) is 30.6. The lowest BCUT2D eigenvalue weighted by atomic mass is 9.98. The van der Waals surface area contributed by atoms with E-state index < -0.39 is 11.3 Å². The van der Waals surface area contributed by atoms with Crippen LogP contribution in [0.1, 0.15) is 68.8 Å². The third kappa shape index (κ3) is 7.42. The number of aryl methyl sites for hydroxylation is 2. The molecular weight excluding hydrogens is 659 g/mol. The molecule has 3 fully saturated rings. The van der Waals surface area contributed by atoms with E-state index >= 15 is 4.39 Å². The maximum atomic E-state index is 15.6. The molecule has 2 aliphatic heterocycles. The predicted molar refractivity (Wildman–Crippen MR) is 200 cm³/mol. The standard InChI is InChI=1S/C40H51FN8O3/c1-4-35-33(36(45-30-11-17-52-18-12-30)32-21-44-49(5-2)37(32)46-35)25-48(39(51)40(13-14-40)38(42)50)24-28-9-10-34(41)31(20-28)29-8-6-7-27(19-29)23-47-16-15-43-26(3)22-47/h6-10,19-21,26,30,43H,4-5,11-18,22-25H2,1-3H3,(H2,42,50)(H,45,46)/t26-/m0/s1. The maximum Gasteiger partial charge on any atom is 0.238 e. The number of hydrogen-bond acceptors (Lipinski definition) is 8. The highest BCUT2D eigenvalue weighted by molar-refractivity contribution is 6.07. The van der Waals surface area contributed by atoms with Crippen LogP contribution in [0.3, 0.4) is 0 Å². The van der Waals surface area contributed by atoms with Crippen LogP contribution in [0.15, 0.2) is 48.7 Å². The molecule has 1 saturated carbocycles. The second kappa shape index (κ2) is 15.3. The Morgan fingerprint density at radius 2 is 1.92 bits per heavy atom. The van der Waals surface area contributed by atoms with Crippen LogP contribution in [-0.4, -0.2) is 81.3 Å². The van der Waals surface area contributed by atoms with Gasteiger partial charge in [0.15, 0.2) is 5.65 Å². The van der Waals surface area contributed by atoms with E-state index in [1.807, 2.05) is 36.0 Å². The number of carbonyl (C=O) groups is 2. The predicted octanol–water partition coefficient (Wildman–Crippen LogP) is 5.00. The first-order valence-electron chi connectivity index (χ1n) is 18.8. The Kier molecular flexibility index (Phi) is 10.6. The van der Waals surface area contributed by atoms with E-state index in [-0.39, 0.29) is 30.9 Å². The highest BCUT2D eigenvalue weighted by Gasteiger charge is 2.57. The fourth-order valence-corrected chi connectivity index (χ4v) is 7.83. The van der Waals surface area contributed by atoms with Crippen molar-refractivity contribution in [3.8, 4) is 11.1 Å².